The van der Waals surface area contributed by atoms with E-state index in [9.17, 15) is 9.59 Å². The number of nitrogens with one attached hydrogen (secondary N) is 2. The predicted molar refractivity (Wildman–Crippen MR) is 162 cm³/mol. The summed E-state index contributed by atoms with van der Waals surface area (Å²) in [6, 6.07) is 10.2. The van der Waals surface area contributed by atoms with E-state index in [1.54, 1.807) is 11.3 Å². The molecule has 3 fully saturated rings. The fraction of sp³-hybridized carbons (Fsp3) is 0.484. The second-order valence-corrected chi connectivity index (χ2v) is 12.8. The van der Waals surface area contributed by atoms with Crippen molar-refractivity contribution < 1.29 is 9.59 Å². The van der Waals surface area contributed by atoms with Gasteiger partial charge in [0.2, 0.25) is 11.9 Å². The smallest absolute Gasteiger partial charge is 0.253 e. The molecule has 3 heterocycles. The van der Waals surface area contributed by atoms with Crippen LogP contribution in [0, 0.1) is 17.8 Å². The Morgan fingerprint density at radius 3 is 2.44 bits per heavy atom. The number of hydrogen-bond acceptors (Lipinski definition) is 8. The average molecular weight is 572 g/mol. The summed E-state index contributed by atoms with van der Waals surface area (Å²) >= 11 is 1.57. The van der Waals surface area contributed by atoms with Gasteiger partial charge in [0.15, 0.2) is 0 Å². The lowest BCUT2D eigenvalue weighted by molar-refractivity contribution is -0.122. The molecular weight excluding hydrogens is 534 g/mol. The number of aromatic nitrogens is 2. The molecule has 10 heteroatoms. The summed E-state index contributed by atoms with van der Waals surface area (Å²) in [5, 5.41) is 8.87. The quantitative estimate of drug-likeness (QED) is 0.355. The number of primary amides is 1. The molecule has 41 heavy (non-hydrogen) atoms. The van der Waals surface area contributed by atoms with Gasteiger partial charge in [0.25, 0.3) is 5.91 Å². The number of hydrogen-bond donors (Lipinski definition) is 3. The highest BCUT2D eigenvalue weighted by Crippen LogP contribution is 2.45. The van der Waals surface area contributed by atoms with Crippen LogP contribution in [0.2, 0.25) is 0 Å². The number of benzene rings is 1. The normalized spacial score (nSPS) is 26.5. The molecule has 1 saturated heterocycles. The highest BCUT2D eigenvalue weighted by Gasteiger charge is 2.47. The number of carbonyl (C=O) groups is 2. The molecule has 9 nitrogen and oxygen atoms in total. The molecule has 2 amide bonds. The molecule has 7 rings (SSSR count). The van der Waals surface area contributed by atoms with Gasteiger partial charge in [-0.3, -0.25) is 14.5 Å². The standard InChI is InChI=1S/C31H37N7O2S/c32-28(39)25-20-6-7-21(18-20)26(25)35-29-27-24(12-17-41-27)34-31(36-29)33-22-10-8-19(9-11-22)30(40)38-15-13-37(14-16-38)23-4-2-1-3-5-23/h6-12,17,20-21,23,25-26H,1-5,13-16,18H2,(H2,32,39)(H2,33,34,35,36). The second kappa shape index (κ2) is 11.1. The van der Waals surface area contributed by atoms with E-state index in [0.29, 0.717) is 23.4 Å². The number of amides is 2. The summed E-state index contributed by atoms with van der Waals surface area (Å²) in [6.45, 7) is 3.50. The van der Waals surface area contributed by atoms with Gasteiger partial charge in [-0.05, 0) is 66.8 Å². The van der Waals surface area contributed by atoms with Gasteiger partial charge >= 0.3 is 0 Å². The molecule has 214 valence electrons. The minimum atomic E-state index is -0.269. The molecular formula is C31H37N7O2S. The van der Waals surface area contributed by atoms with Crippen molar-refractivity contribution in [3.63, 3.8) is 0 Å². The van der Waals surface area contributed by atoms with Gasteiger partial charge in [0.05, 0.1) is 16.1 Å². The first-order valence-electron chi connectivity index (χ1n) is 14.9. The molecule has 2 aromatic heterocycles. The molecule has 4 N–H and O–H groups in total. The van der Waals surface area contributed by atoms with Crippen molar-refractivity contribution in [3.05, 3.63) is 53.4 Å². The summed E-state index contributed by atoms with van der Waals surface area (Å²) in [6.07, 6.45) is 11.9. The van der Waals surface area contributed by atoms with Crippen LogP contribution in [0.5, 0.6) is 0 Å². The first kappa shape index (κ1) is 26.4. The molecule has 3 aromatic rings. The van der Waals surface area contributed by atoms with E-state index in [2.05, 4.69) is 27.7 Å². The summed E-state index contributed by atoms with van der Waals surface area (Å²) in [7, 11) is 0. The van der Waals surface area contributed by atoms with Crippen molar-refractivity contribution >= 4 is 50.8 Å². The van der Waals surface area contributed by atoms with E-state index in [-0.39, 0.29) is 35.6 Å². The third-order valence-electron chi connectivity index (χ3n) is 9.48. The number of anilines is 3. The van der Waals surface area contributed by atoms with Gasteiger partial charge in [-0.15, -0.1) is 11.3 Å². The van der Waals surface area contributed by atoms with Gasteiger partial charge < -0.3 is 21.3 Å². The monoisotopic (exact) mass is 571 g/mol. The van der Waals surface area contributed by atoms with Gasteiger partial charge in [0, 0.05) is 49.5 Å². The van der Waals surface area contributed by atoms with Gasteiger partial charge in [-0.2, -0.15) is 4.98 Å². The molecule has 1 aromatic carbocycles. The van der Waals surface area contributed by atoms with E-state index < -0.39 is 0 Å². The molecule has 0 radical (unpaired) electrons. The first-order valence-corrected chi connectivity index (χ1v) is 15.8. The van der Waals surface area contributed by atoms with Crippen LogP contribution in [-0.2, 0) is 4.79 Å². The van der Waals surface area contributed by atoms with Crippen LogP contribution in [0.4, 0.5) is 17.5 Å². The lowest BCUT2D eigenvalue weighted by Gasteiger charge is -2.40. The summed E-state index contributed by atoms with van der Waals surface area (Å²) in [4.78, 5) is 39.6. The zero-order chi connectivity index (χ0) is 27.9. The first-order chi connectivity index (χ1) is 20.0. The van der Waals surface area contributed by atoms with Gasteiger partial charge in [-0.1, -0.05) is 31.4 Å². The molecule has 0 spiro atoms. The Kier molecular flexibility index (Phi) is 7.12. The van der Waals surface area contributed by atoms with E-state index in [0.717, 1.165) is 48.5 Å². The second-order valence-electron chi connectivity index (χ2n) is 11.9. The Hall–Kier alpha value is -3.50. The number of fused-ring (bicyclic) bond motifs is 3. The highest BCUT2D eigenvalue weighted by molar-refractivity contribution is 7.17. The Morgan fingerprint density at radius 1 is 0.927 bits per heavy atom. The maximum Gasteiger partial charge on any atom is 0.253 e. The summed E-state index contributed by atoms with van der Waals surface area (Å²) in [5.41, 5.74) is 8.13. The molecule has 4 aliphatic rings. The van der Waals surface area contributed by atoms with Crippen LogP contribution in [0.1, 0.15) is 48.9 Å². The SMILES string of the molecule is NC(=O)C1C2C=CC(C2)C1Nc1nc(Nc2ccc(C(=O)N3CCN(C4CCCCC4)CC3)cc2)nc2ccsc12. The van der Waals surface area contributed by atoms with Crippen LogP contribution < -0.4 is 16.4 Å². The number of thiophene rings is 1. The fourth-order valence-electron chi connectivity index (χ4n) is 7.33. The van der Waals surface area contributed by atoms with Crippen molar-refractivity contribution in [2.45, 2.75) is 50.6 Å². The lowest BCUT2D eigenvalue weighted by atomic mass is 9.88. The van der Waals surface area contributed by atoms with E-state index in [1.807, 2.05) is 40.6 Å². The number of nitrogens with two attached hydrogens (primary N) is 1. The Balaban J connectivity index is 1.02. The predicted octanol–water partition coefficient (Wildman–Crippen LogP) is 4.61. The Labute approximate surface area is 244 Å². The van der Waals surface area contributed by atoms with Crippen molar-refractivity contribution in [1.82, 2.24) is 19.8 Å². The average Bonchev–Trinajstić information content (AvgIpc) is 3.75. The van der Waals surface area contributed by atoms with Gasteiger partial charge in [-0.25, -0.2) is 4.98 Å². The molecule has 1 aliphatic heterocycles. The van der Waals surface area contributed by atoms with Crippen LogP contribution in [-0.4, -0.2) is 69.8 Å². The molecule has 2 bridgehead atoms. The Morgan fingerprint density at radius 2 is 1.68 bits per heavy atom. The zero-order valence-corrected chi connectivity index (χ0v) is 24.0. The Bertz CT molecular complexity index is 1460. The summed E-state index contributed by atoms with van der Waals surface area (Å²) in [5.74, 6) is 1.21. The number of carbonyl (C=O) groups excluding carboxylic acids is 2. The topological polar surface area (TPSA) is 116 Å². The van der Waals surface area contributed by atoms with Crippen LogP contribution >= 0.6 is 11.3 Å². The number of piperazine rings is 1. The lowest BCUT2D eigenvalue weighted by Crippen LogP contribution is -2.52. The largest absolute Gasteiger partial charge is 0.369 e. The fourth-order valence-corrected chi connectivity index (χ4v) is 8.11. The van der Waals surface area contributed by atoms with Crippen LogP contribution in [0.25, 0.3) is 10.2 Å². The molecule has 4 unspecified atom stereocenters. The molecule has 4 atom stereocenters. The maximum atomic E-state index is 13.2. The number of nitrogens with zero attached hydrogens (tertiary/aromatic N) is 4. The van der Waals surface area contributed by atoms with E-state index in [1.165, 1.54) is 32.1 Å². The maximum absolute atomic E-state index is 13.2. The van der Waals surface area contributed by atoms with E-state index >= 15 is 0 Å². The minimum Gasteiger partial charge on any atom is -0.369 e. The molecule has 2 saturated carbocycles. The van der Waals surface area contributed by atoms with E-state index in [4.69, 9.17) is 15.7 Å². The van der Waals surface area contributed by atoms with Crippen LogP contribution in [0.3, 0.4) is 0 Å². The molecule has 3 aliphatic carbocycles. The van der Waals surface area contributed by atoms with Crippen LogP contribution in [0.15, 0.2) is 47.9 Å². The minimum absolute atomic E-state index is 0.0784. The van der Waals surface area contributed by atoms with Crippen molar-refractivity contribution in [2.24, 2.45) is 23.5 Å². The highest BCUT2D eigenvalue weighted by atomic mass is 32.1. The summed E-state index contributed by atoms with van der Waals surface area (Å²) < 4.78 is 0.954. The van der Waals surface area contributed by atoms with Crippen molar-refractivity contribution in [1.29, 1.82) is 0 Å². The van der Waals surface area contributed by atoms with Crippen molar-refractivity contribution in [3.8, 4) is 0 Å². The van der Waals surface area contributed by atoms with Gasteiger partial charge in [0.1, 0.15) is 5.82 Å². The number of rotatable bonds is 7. The zero-order valence-electron chi connectivity index (χ0n) is 23.2. The van der Waals surface area contributed by atoms with Crippen molar-refractivity contribution in [2.75, 3.05) is 36.8 Å². The third kappa shape index (κ3) is 5.19. The third-order valence-corrected chi connectivity index (χ3v) is 10.4. The number of allylic oxidation sites excluding steroid dienone is 1.